The summed E-state index contributed by atoms with van der Waals surface area (Å²) in [5, 5.41) is 19.6. The number of aliphatic carboxylic acids is 1. The van der Waals surface area contributed by atoms with Crippen LogP contribution in [0.25, 0.3) is 10.9 Å². The Bertz CT molecular complexity index is 1050. The SMILES string of the molecule is N#CCOc1ccc2[nH]cc(C(C(=O)O)N3CCC(Cc4ccccc4)CC3)c2c1. The first-order valence-corrected chi connectivity index (χ1v) is 10.3. The van der Waals surface area contributed by atoms with Gasteiger partial charge in [-0.2, -0.15) is 5.26 Å². The molecule has 0 aliphatic carbocycles. The van der Waals surface area contributed by atoms with E-state index in [2.05, 4.69) is 34.1 Å². The zero-order chi connectivity index (χ0) is 20.9. The lowest BCUT2D eigenvalue weighted by atomic mass is 9.89. The number of piperidine rings is 1. The molecule has 6 heteroatoms. The average molecular weight is 403 g/mol. The highest BCUT2D eigenvalue weighted by Crippen LogP contribution is 2.34. The number of benzene rings is 2. The Balaban J connectivity index is 1.51. The third kappa shape index (κ3) is 4.32. The number of hydrogen-bond acceptors (Lipinski definition) is 4. The Morgan fingerprint density at radius 3 is 2.70 bits per heavy atom. The van der Waals surface area contributed by atoms with Gasteiger partial charge in [0.2, 0.25) is 0 Å². The van der Waals surface area contributed by atoms with E-state index >= 15 is 0 Å². The zero-order valence-corrected chi connectivity index (χ0v) is 16.8. The van der Waals surface area contributed by atoms with Crippen LogP contribution in [0.15, 0.2) is 54.7 Å². The Kier molecular flexibility index (Phi) is 6.01. The van der Waals surface area contributed by atoms with Crippen LogP contribution in [0.5, 0.6) is 5.75 Å². The van der Waals surface area contributed by atoms with Gasteiger partial charge in [-0.3, -0.25) is 9.69 Å². The number of rotatable bonds is 7. The number of nitrogens with one attached hydrogen (secondary N) is 1. The lowest BCUT2D eigenvalue weighted by Crippen LogP contribution is -2.40. The topological polar surface area (TPSA) is 89.3 Å². The molecule has 4 rings (SSSR count). The smallest absolute Gasteiger partial charge is 0.325 e. The maximum Gasteiger partial charge on any atom is 0.325 e. The number of aromatic amines is 1. The Morgan fingerprint density at radius 2 is 2.00 bits per heavy atom. The number of hydrogen-bond donors (Lipinski definition) is 2. The van der Waals surface area contributed by atoms with Crippen LogP contribution in [0.4, 0.5) is 0 Å². The number of aromatic nitrogens is 1. The van der Waals surface area contributed by atoms with Crippen LogP contribution in [0, 0.1) is 17.2 Å². The minimum atomic E-state index is -0.847. The van der Waals surface area contributed by atoms with Gasteiger partial charge in [0.1, 0.15) is 17.9 Å². The van der Waals surface area contributed by atoms with Crippen molar-refractivity contribution in [1.82, 2.24) is 9.88 Å². The molecular weight excluding hydrogens is 378 g/mol. The number of carboxylic acids is 1. The van der Waals surface area contributed by atoms with Gasteiger partial charge in [-0.1, -0.05) is 30.3 Å². The Labute approximate surface area is 175 Å². The fraction of sp³-hybridized carbons (Fsp3) is 0.333. The second kappa shape index (κ2) is 9.02. The highest BCUT2D eigenvalue weighted by atomic mass is 16.5. The highest BCUT2D eigenvalue weighted by Gasteiger charge is 2.32. The third-order valence-corrected chi connectivity index (χ3v) is 5.90. The van der Waals surface area contributed by atoms with Gasteiger partial charge in [0.25, 0.3) is 0 Å². The maximum absolute atomic E-state index is 12.2. The van der Waals surface area contributed by atoms with Crippen LogP contribution in [0.1, 0.15) is 30.0 Å². The molecule has 1 saturated heterocycles. The van der Waals surface area contributed by atoms with E-state index in [1.807, 2.05) is 24.3 Å². The fourth-order valence-electron chi connectivity index (χ4n) is 4.40. The van der Waals surface area contributed by atoms with Crippen molar-refractivity contribution in [2.75, 3.05) is 19.7 Å². The van der Waals surface area contributed by atoms with Gasteiger partial charge < -0.3 is 14.8 Å². The van der Waals surface area contributed by atoms with Crippen LogP contribution in [-0.2, 0) is 11.2 Å². The first kappa shape index (κ1) is 20.0. The molecule has 2 N–H and O–H groups in total. The second-order valence-corrected chi connectivity index (χ2v) is 7.81. The summed E-state index contributed by atoms with van der Waals surface area (Å²) in [5.41, 5.74) is 2.94. The van der Waals surface area contributed by atoms with E-state index in [0.717, 1.165) is 48.8 Å². The third-order valence-electron chi connectivity index (χ3n) is 5.90. The predicted molar refractivity (Wildman–Crippen MR) is 114 cm³/mol. The van der Waals surface area contributed by atoms with Crippen molar-refractivity contribution in [3.63, 3.8) is 0 Å². The van der Waals surface area contributed by atoms with E-state index in [9.17, 15) is 9.90 Å². The van der Waals surface area contributed by atoms with Crippen LogP contribution in [-0.4, -0.2) is 40.7 Å². The van der Waals surface area contributed by atoms with Crippen LogP contribution in [0.2, 0.25) is 0 Å². The summed E-state index contributed by atoms with van der Waals surface area (Å²) in [6, 6.07) is 17.2. The molecule has 0 bridgehead atoms. The van der Waals surface area contributed by atoms with Gasteiger partial charge in [-0.05, 0) is 62.0 Å². The van der Waals surface area contributed by atoms with Gasteiger partial charge in [-0.15, -0.1) is 0 Å². The molecular formula is C24H25N3O3. The van der Waals surface area contributed by atoms with Crippen molar-refractivity contribution in [2.24, 2.45) is 5.92 Å². The Morgan fingerprint density at radius 1 is 1.23 bits per heavy atom. The summed E-state index contributed by atoms with van der Waals surface area (Å²) in [5.74, 6) is 0.295. The average Bonchev–Trinajstić information content (AvgIpc) is 3.17. The molecule has 1 aliphatic rings. The number of nitriles is 1. The molecule has 2 aromatic carbocycles. The van der Waals surface area contributed by atoms with Crippen molar-refractivity contribution in [2.45, 2.75) is 25.3 Å². The van der Waals surface area contributed by atoms with Crippen molar-refractivity contribution in [3.8, 4) is 11.8 Å². The summed E-state index contributed by atoms with van der Waals surface area (Å²) in [6.07, 6.45) is 4.79. The second-order valence-electron chi connectivity index (χ2n) is 7.81. The summed E-state index contributed by atoms with van der Waals surface area (Å²) in [4.78, 5) is 17.5. The number of carbonyl (C=O) groups is 1. The first-order chi connectivity index (χ1) is 14.7. The molecule has 154 valence electrons. The summed E-state index contributed by atoms with van der Waals surface area (Å²) < 4.78 is 5.41. The standard InChI is InChI=1S/C24H25N3O3/c25-10-13-30-19-6-7-22-20(15-19)21(16-26-22)23(24(28)29)27-11-8-18(9-12-27)14-17-4-2-1-3-5-17/h1-7,15-16,18,23,26H,8-9,11-14H2,(H,28,29). The fourth-order valence-corrected chi connectivity index (χ4v) is 4.40. The van der Waals surface area contributed by atoms with E-state index in [1.165, 1.54) is 5.56 Å². The van der Waals surface area contributed by atoms with E-state index in [-0.39, 0.29) is 6.61 Å². The number of ether oxygens (including phenoxy) is 1. The number of carboxylic acid groups (broad SMARTS) is 1. The molecule has 0 spiro atoms. The maximum atomic E-state index is 12.2. The molecule has 1 atom stereocenters. The normalized spacial score (nSPS) is 16.2. The summed E-state index contributed by atoms with van der Waals surface area (Å²) >= 11 is 0. The molecule has 6 nitrogen and oxygen atoms in total. The number of fused-ring (bicyclic) bond motifs is 1. The van der Waals surface area contributed by atoms with Crippen LogP contribution < -0.4 is 4.74 Å². The number of likely N-dealkylation sites (tertiary alicyclic amines) is 1. The largest absolute Gasteiger partial charge is 0.480 e. The molecule has 1 aromatic heterocycles. The molecule has 2 heterocycles. The minimum Gasteiger partial charge on any atom is -0.480 e. The van der Waals surface area contributed by atoms with E-state index in [0.29, 0.717) is 11.7 Å². The molecule has 1 unspecified atom stereocenters. The van der Waals surface area contributed by atoms with Gasteiger partial charge in [0, 0.05) is 22.7 Å². The highest BCUT2D eigenvalue weighted by molar-refractivity contribution is 5.90. The van der Waals surface area contributed by atoms with E-state index < -0.39 is 12.0 Å². The minimum absolute atomic E-state index is 0.0391. The van der Waals surface area contributed by atoms with Gasteiger partial charge in [-0.25, -0.2) is 0 Å². The first-order valence-electron chi connectivity index (χ1n) is 10.3. The summed E-state index contributed by atoms with van der Waals surface area (Å²) in [7, 11) is 0. The van der Waals surface area contributed by atoms with Gasteiger partial charge in [0.05, 0.1) is 0 Å². The predicted octanol–water partition coefficient (Wildman–Crippen LogP) is 4.15. The lowest BCUT2D eigenvalue weighted by Gasteiger charge is -2.35. The molecule has 0 saturated carbocycles. The quantitative estimate of drug-likeness (QED) is 0.619. The van der Waals surface area contributed by atoms with Crippen LogP contribution in [0.3, 0.4) is 0 Å². The Hall–Kier alpha value is -3.30. The lowest BCUT2D eigenvalue weighted by molar-refractivity contribution is -0.144. The van der Waals surface area contributed by atoms with Gasteiger partial charge in [0.15, 0.2) is 6.61 Å². The molecule has 1 aliphatic heterocycles. The van der Waals surface area contributed by atoms with E-state index in [1.54, 1.807) is 12.3 Å². The monoisotopic (exact) mass is 403 g/mol. The van der Waals surface area contributed by atoms with Crippen molar-refractivity contribution >= 4 is 16.9 Å². The number of H-pyrrole nitrogens is 1. The van der Waals surface area contributed by atoms with E-state index in [4.69, 9.17) is 10.00 Å². The molecule has 3 aromatic rings. The van der Waals surface area contributed by atoms with Crippen molar-refractivity contribution < 1.29 is 14.6 Å². The molecule has 0 radical (unpaired) electrons. The van der Waals surface area contributed by atoms with Gasteiger partial charge >= 0.3 is 5.97 Å². The molecule has 1 fully saturated rings. The number of nitrogens with zero attached hydrogens (tertiary/aromatic N) is 2. The molecule has 0 amide bonds. The van der Waals surface area contributed by atoms with Crippen molar-refractivity contribution in [3.05, 3.63) is 65.9 Å². The van der Waals surface area contributed by atoms with Crippen LogP contribution >= 0.6 is 0 Å². The zero-order valence-electron chi connectivity index (χ0n) is 16.8. The molecule has 30 heavy (non-hydrogen) atoms. The summed E-state index contributed by atoms with van der Waals surface area (Å²) in [6.45, 7) is 1.47. The van der Waals surface area contributed by atoms with Crippen molar-refractivity contribution in [1.29, 1.82) is 5.26 Å².